The molecule has 0 saturated carbocycles. The van der Waals surface area contributed by atoms with Crippen LogP contribution in [-0.4, -0.2) is 20.4 Å². The fourth-order valence-electron chi connectivity index (χ4n) is 3.45. The van der Waals surface area contributed by atoms with Gasteiger partial charge in [0, 0.05) is 12.7 Å². The third-order valence-corrected chi connectivity index (χ3v) is 4.93. The molecule has 1 aromatic heterocycles. The van der Waals surface area contributed by atoms with Crippen LogP contribution in [0.4, 0.5) is 13.2 Å². The van der Waals surface area contributed by atoms with Crippen molar-refractivity contribution in [3.8, 4) is 6.07 Å². The number of carbonyl (C=O) groups excluding carboxylic acids is 1. The van der Waals surface area contributed by atoms with Crippen molar-refractivity contribution in [3.63, 3.8) is 0 Å². The molecule has 2 aromatic carbocycles. The van der Waals surface area contributed by atoms with E-state index in [1.54, 1.807) is 46.3 Å². The standard InChI is InChI=1S/C21H15F3N4O.ClH/c22-21(23,24)17-7-3-15(4-8-17)11-27-12-18-10-26-13-28(18)19(20(27)29)16-5-1-14(9-25)2-6-16;/h1-8,10,13,19H,11-12H2;1H. The molecule has 1 aliphatic heterocycles. The zero-order valence-electron chi connectivity index (χ0n) is 15.5. The van der Waals surface area contributed by atoms with Gasteiger partial charge in [-0.2, -0.15) is 18.4 Å². The SMILES string of the molecule is Cl.N#Cc1ccc(C2C(=O)N(Cc3ccc(C(F)(F)F)cc3)Cc3cncn32)cc1. The lowest BCUT2D eigenvalue weighted by Gasteiger charge is -2.34. The highest BCUT2D eigenvalue weighted by Crippen LogP contribution is 2.31. The second-order valence-electron chi connectivity index (χ2n) is 6.82. The fourth-order valence-corrected chi connectivity index (χ4v) is 3.45. The summed E-state index contributed by atoms with van der Waals surface area (Å²) >= 11 is 0. The van der Waals surface area contributed by atoms with E-state index in [0.29, 0.717) is 23.2 Å². The van der Waals surface area contributed by atoms with Crippen LogP contribution in [-0.2, 0) is 24.1 Å². The van der Waals surface area contributed by atoms with Crippen molar-refractivity contribution in [1.82, 2.24) is 14.5 Å². The maximum atomic E-state index is 13.2. The van der Waals surface area contributed by atoms with E-state index in [1.807, 2.05) is 6.07 Å². The zero-order chi connectivity index (χ0) is 20.6. The maximum Gasteiger partial charge on any atom is 0.416 e. The van der Waals surface area contributed by atoms with Crippen LogP contribution in [0.5, 0.6) is 0 Å². The lowest BCUT2D eigenvalue weighted by atomic mass is 10.0. The van der Waals surface area contributed by atoms with E-state index < -0.39 is 17.8 Å². The molecule has 0 bridgehead atoms. The third-order valence-electron chi connectivity index (χ3n) is 4.93. The molecule has 4 rings (SSSR count). The van der Waals surface area contributed by atoms with Crippen LogP contribution in [0.3, 0.4) is 0 Å². The summed E-state index contributed by atoms with van der Waals surface area (Å²) in [5.74, 6) is -0.180. The van der Waals surface area contributed by atoms with Gasteiger partial charge in [-0.25, -0.2) is 4.98 Å². The quantitative estimate of drug-likeness (QED) is 0.619. The minimum atomic E-state index is -4.40. The third kappa shape index (κ3) is 4.02. The molecule has 0 spiro atoms. The van der Waals surface area contributed by atoms with Crippen molar-refractivity contribution >= 4 is 18.3 Å². The summed E-state index contributed by atoms with van der Waals surface area (Å²) in [6, 6.07) is 13.0. The maximum absolute atomic E-state index is 13.2. The molecule has 3 aromatic rings. The van der Waals surface area contributed by atoms with E-state index >= 15 is 0 Å². The number of amides is 1. The number of halogens is 4. The molecule has 0 fully saturated rings. The van der Waals surface area contributed by atoms with Gasteiger partial charge < -0.3 is 9.47 Å². The van der Waals surface area contributed by atoms with Gasteiger partial charge in [-0.1, -0.05) is 24.3 Å². The number of benzene rings is 2. The van der Waals surface area contributed by atoms with E-state index in [-0.39, 0.29) is 24.9 Å². The number of hydrogen-bond donors (Lipinski definition) is 0. The second kappa shape index (κ2) is 8.20. The monoisotopic (exact) mass is 432 g/mol. The molecule has 154 valence electrons. The Balaban J connectivity index is 0.00000256. The number of rotatable bonds is 3. The van der Waals surface area contributed by atoms with Crippen LogP contribution in [0.2, 0.25) is 0 Å². The molecular weight excluding hydrogens is 417 g/mol. The van der Waals surface area contributed by atoms with Crippen molar-refractivity contribution in [1.29, 1.82) is 5.26 Å². The Morgan fingerprint density at radius 2 is 1.77 bits per heavy atom. The number of fused-ring (bicyclic) bond motifs is 1. The molecule has 1 amide bonds. The Labute approximate surface area is 176 Å². The first kappa shape index (κ1) is 21.4. The molecule has 1 atom stereocenters. The first-order chi connectivity index (χ1) is 13.9. The van der Waals surface area contributed by atoms with Crippen LogP contribution < -0.4 is 0 Å². The smallest absolute Gasteiger partial charge is 0.330 e. The van der Waals surface area contributed by atoms with Crippen LogP contribution in [0, 0.1) is 11.3 Å². The predicted molar refractivity (Wildman–Crippen MR) is 104 cm³/mol. The van der Waals surface area contributed by atoms with Crippen LogP contribution >= 0.6 is 12.4 Å². The number of imidazole rings is 1. The van der Waals surface area contributed by atoms with Crippen molar-refractivity contribution in [2.24, 2.45) is 0 Å². The van der Waals surface area contributed by atoms with E-state index in [1.165, 1.54) is 12.1 Å². The molecule has 1 aliphatic rings. The first-order valence-corrected chi connectivity index (χ1v) is 8.82. The Bertz CT molecular complexity index is 1090. The topological polar surface area (TPSA) is 61.9 Å². The highest BCUT2D eigenvalue weighted by atomic mass is 35.5. The molecule has 1 unspecified atom stereocenters. The molecule has 0 radical (unpaired) electrons. The second-order valence-corrected chi connectivity index (χ2v) is 6.82. The molecule has 5 nitrogen and oxygen atoms in total. The van der Waals surface area contributed by atoms with Gasteiger partial charge in [-0.15, -0.1) is 12.4 Å². The highest BCUT2D eigenvalue weighted by Gasteiger charge is 2.34. The minimum absolute atomic E-state index is 0. The van der Waals surface area contributed by atoms with Gasteiger partial charge in [0.2, 0.25) is 0 Å². The number of nitriles is 1. The van der Waals surface area contributed by atoms with E-state index in [9.17, 15) is 18.0 Å². The van der Waals surface area contributed by atoms with Crippen molar-refractivity contribution in [2.45, 2.75) is 25.3 Å². The van der Waals surface area contributed by atoms with Crippen molar-refractivity contribution in [3.05, 3.63) is 89.0 Å². The molecule has 9 heteroatoms. The molecule has 0 aliphatic carbocycles. The Morgan fingerprint density at radius 3 is 2.37 bits per heavy atom. The van der Waals surface area contributed by atoms with Gasteiger partial charge in [0.1, 0.15) is 6.04 Å². The number of carbonyl (C=O) groups is 1. The van der Waals surface area contributed by atoms with Crippen molar-refractivity contribution in [2.75, 3.05) is 0 Å². The van der Waals surface area contributed by atoms with Crippen molar-refractivity contribution < 1.29 is 18.0 Å². The van der Waals surface area contributed by atoms with Crippen LogP contribution in [0.25, 0.3) is 0 Å². The molecule has 30 heavy (non-hydrogen) atoms. The lowest BCUT2D eigenvalue weighted by Crippen LogP contribution is -2.42. The van der Waals surface area contributed by atoms with Gasteiger partial charge in [0.05, 0.1) is 35.8 Å². The number of hydrogen-bond acceptors (Lipinski definition) is 3. The van der Waals surface area contributed by atoms with Gasteiger partial charge in [0.25, 0.3) is 5.91 Å². The summed E-state index contributed by atoms with van der Waals surface area (Å²) in [7, 11) is 0. The Kier molecular flexibility index (Phi) is 5.85. The van der Waals surface area contributed by atoms with Crippen LogP contribution in [0.15, 0.2) is 61.1 Å². The number of aromatic nitrogens is 2. The minimum Gasteiger partial charge on any atom is -0.330 e. The lowest BCUT2D eigenvalue weighted by molar-refractivity contribution is -0.138. The summed E-state index contributed by atoms with van der Waals surface area (Å²) in [6.45, 7) is 0.502. The largest absolute Gasteiger partial charge is 0.416 e. The molecule has 0 N–H and O–H groups in total. The summed E-state index contributed by atoms with van der Waals surface area (Å²) in [6.07, 6.45) is -1.14. The molecule has 0 saturated heterocycles. The fraction of sp³-hybridized carbons (Fsp3) is 0.190. The summed E-state index contributed by atoms with van der Waals surface area (Å²) in [5.41, 5.74) is 1.92. The highest BCUT2D eigenvalue weighted by molar-refractivity contribution is 5.85. The first-order valence-electron chi connectivity index (χ1n) is 8.82. The summed E-state index contributed by atoms with van der Waals surface area (Å²) in [4.78, 5) is 18.9. The van der Waals surface area contributed by atoms with E-state index in [2.05, 4.69) is 4.98 Å². The van der Waals surface area contributed by atoms with Gasteiger partial charge >= 0.3 is 6.18 Å². The predicted octanol–water partition coefficient (Wildman–Crippen LogP) is 4.33. The normalized spacial score (nSPS) is 15.9. The van der Waals surface area contributed by atoms with Gasteiger partial charge in [0.15, 0.2) is 0 Å². The average molecular weight is 433 g/mol. The summed E-state index contributed by atoms with van der Waals surface area (Å²) < 4.78 is 40.1. The van der Waals surface area contributed by atoms with E-state index in [4.69, 9.17) is 5.26 Å². The summed E-state index contributed by atoms with van der Waals surface area (Å²) in [5, 5.41) is 8.98. The van der Waals surface area contributed by atoms with E-state index in [0.717, 1.165) is 17.8 Å². The zero-order valence-corrected chi connectivity index (χ0v) is 16.3. The Hall–Kier alpha value is -3.31. The molecule has 2 heterocycles. The number of nitrogens with zero attached hydrogens (tertiary/aromatic N) is 4. The van der Waals surface area contributed by atoms with Gasteiger partial charge in [-0.3, -0.25) is 4.79 Å². The van der Waals surface area contributed by atoms with Gasteiger partial charge in [-0.05, 0) is 35.4 Å². The average Bonchev–Trinajstić information content (AvgIpc) is 3.16. The number of alkyl halides is 3. The Morgan fingerprint density at radius 1 is 1.10 bits per heavy atom. The van der Waals surface area contributed by atoms with Crippen LogP contribution in [0.1, 0.15) is 34.0 Å². The molecular formula is C21H16ClF3N4O.